The minimum Gasteiger partial charge on any atom is -0.455 e. The predicted octanol–water partition coefficient (Wildman–Crippen LogP) is 3.21. The number of amides is 2. The van der Waals surface area contributed by atoms with Crippen LogP contribution in [0.2, 0.25) is 0 Å². The SMILES string of the molecule is NC(=O)c1c(NC(=O)COC(=O)Cc2ccc(Br)cc2)sc2c1CCCC2. The average Bonchev–Trinajstić information content (AvgIpc) is 3.00. The molecule has 1 heterocycles. The van der Waals surface area contributed by atoms with E-state index in [4.69, 9.17) is 10.5 Å². The summed E-state index contributed by atoms with van der Waals surface area (Å²) in [5.41, 5.74) is 7.64. The number of fused-ring (bicyclic) bond motifs is 1. The van der Waals surface area contributed by atoms with Crippen LogP contribution < -0.4 is 11.1 Å². The number of nitrogens with one attached hydrogen (secondary N) is 1. The largest absolute Gasteiger partial charge is 0.455 e. The number of nitrogens with two attached hydrogens (primary N) is 1. The highest BCUT2D eigenvalue weighted by Gasteiger charge is 2.25. The number of rotatable bonds is 6. The molecular formula is C19H19BrN2O4S. The fraction of sp³-hybridized carbons (Fsp3) is 0.316. The monoisotopic (exact) mass is 450 g/mol. The van der Waals surface area contributed by atoms with Crippen LogP contribution in [-0.2, 0) is 33.6 Å². The Hall–Kier alpha value is -2.19. The van der Waals surface area contributed by atoms with Crippen molar-refractivity contribution in [2.45, 2.75) is 32.1 Å². The van der Waals surface area contributed by atoms with Crippen LogP contribution in [0.4, 0.5) is 5.00 Å². The van der Waals surface area contributed by atoms with Crippen molar-refractivity contribution >= 4 is 50.1 Å². The van der Waals surface area contributed by atoms with Gasteiger partial charge in [-0.25, -0.2) is 0 Å². The number of hydrogen-bond donors (Lipinski definition) is 2. The molecule has 0 radical (unpaired) electrons. The fourth-order valence-electron chi connectivity index (χ4n) is 3.04. The maximum Gasteiger partial charge on any atom is 0.310 e. The van der Waals surface area contributed by atoms with Gasteiger partial charge in [0.2, 0.25) is 0 Å². The second-order valence-electron chi connectivity index (χ2n) is 6.29. The third-order valence-electron chi connectivity index (χ3n) is 4.30. The maximum atomic E-state index is 12.2. The van der Waals surface area contributed by atoms with Crippen LogP contribution in [0.3, 0.4) is 0 Å². The number of aryl methyl sites for hydroxylation is 1. The lowest BCUT2D eigenvalue weighted by molar-refractivity contribution is -0.146. The van der Waals surface area contributed by atoms with E-state index < -0.39 is 24.4 Å². The van der Waals surface area contributed by atoms with Gasteiger partial charge in [-0.2, -0.15) is 0 Å². The molecule has 0 atom stereocenters. The molecule has 1 aromatic carbocycles. The number of halogens is 1. The van der Waals surface area contributed by atoms with E-state index in [2.05, 4.69) is 21.2 Å². The number of primary amides is 1. The van der Waals surface area contributed by atoms with Gasteiger partial charge in [0.15, 0.2) is 6.61 Å². The van der Waals surface area contributed by atoms with Crippen molar-refractivity contribution in [3.05, 3.63) is 50.3 Å². The first-order valence-electron chi connectivity index (χ1n) is 8.58. The zero-order valence-corrected chi connectivity index (χ0v) is 17.0. The first-order valence-corrected chi connectivity index (χ1v) is 10.2. The van der Waals surface area contributed by atoms with Crippen molar-refractivity contribution in [2.75, 3.05) is 11.9 Å². The summed E-state index contributed by atoms with van der Waals surface area (Å²) in [5.74, 6) is -1.52. The van der Waals surface area contributed by atoms with Crippen molar-refractivity contribution in [3.8, 4) is 0 Å². The second kappa shape index (κ2) is 8.67. The zero-order chi connectivity index (χ0) is 19.4. The molecule has 8 heteroatoms. The molecule has 27 heavy (non-hydrogen) atoms. The Balaban J connectivity index is 1.58. The smallest absolute Gasteiger partial charge is 0.310 e. The van der Waals surface area contributed by atoms with Crippen LogP contribution in [0.5, 0.6) is 0 Å². The lowest BCUT2D eigenvalue weighted by Crippen LogP contribution is -2.23. The van der Waals surface area contributed by atoms with Crippen molar-refractivity contribution in [1.29, 1.82) is 0 Å². The molecule has 1 aliphatic carbocycles. The van der Waals surface area contributed by atoms with E-state index in [9.17, 15) is 14.4 Å². The third kappa shape index (κ3) is 4.95. The van der Waals surface area contributed by atoms with Crippen LogP contribution in [0.15, 0.2) is 28.7 Å². The molecule has 0 bridgehead atoms. The highest BCUT2D eigenvalue weighted by molar-refractivity contribution is 9.10. The Labute approximate surface area is 169 Å². The predicted molar refractivity (Wildman–Crippen MR) is 107 cm³/mol. The molecule has 3 rings (SSSR count). The number of carbonyl (C=O) groups is 3. The Kier molecular flexibility index (Phi) is 6.28. The molecule has 0 fully saturated rings. The van der Waals surface area contributed by atoms with Gasteiger partial charge >= 0.3 is 5.97 Å². The first kappa shape index (κ1) is 19.6. The van der Waals surface area contributed by atoms with E-state index in [0.29, 0.717) is 10.6 Å². The summed E-state index contributed by atoms with van der Waals surface area (Å²) < 4.78 is 5.96. The standard InChI is InChI=1S/C19H19BrN2O4S/c20-12-7-5-11(6-8-12)9-16(24)26-10-15(23)22-19-17(18(21)25)13-3-1-2-4-14(13)27-19/h5-8H,1-4,9-10H2,(H2,21,25)(H,22,23). The van der Waals surface area contributed by atoms with E-state index in [1.807, 2.05) is 12.1 Å². The molecule has 0 unspecified atom stereocenters. The van der Waals surface area contributed by atoms with Crippen molar-refractivity contribution in [2.24, 2.45) is 5.73 Å². The average molecular weight is 451 g/mol. The molecule has 0 saturated carbocycles. The maximum absolute atomic E-state index is 12.2. The zero-order valence-electron chi connectivity index (χ0n) is 14.5. The lowest BCUT2D eigenvalue weighted by atomic mass is 9.95. The van der Waals surface area contributed by atoms with Gasteiger partial charge in [0, 0.05) is 9.35 Å². The molecular weight excluding hydrogens is 432 g/mol. The number of benzene rings is 1. The lowest BCUT2D eigenvalue weighted by Gasteiger charge is -2.11. The number of esters is 1. The quantitative estimate of drug-likeness (QED) is 0.659. The molecule has 142 valence electrons. The van der Waals surface area contributed by atoms with Crippen LogP contribution >= 0.6 is 27.3 Å². The third-order valence-corrected chi connectivity index (χ3v) is 6.03. The molecule has 2 amide bonds. The van der Waals surface area contributed by atoms with Crippen LogP contribution in [0.1, 0.15) is 39.2 Å². The van der Waals surface area contributed by atoms with Crippen LogP contribution in [0, 0.1) is 0 Å². The van der Waals surface area contributed by atoms with Crippen LogP contribution in [-0.4, -0.2) is 24.4 Å². The van der Waals surface area contributed by atoms with Gasteiger partial charge < -0.3 is 15.8 Å². The molecule has 2 aromatic rings. The number of ether oxygens (including phenoxy) is 1. The van der Waals surface area contributed by atoms with E-state index in [0.717, 1.165) is 46.2 Å². The minimum absolute atomic E-state index is 0.0837. The van der Waals surface area contributed by atoms with Crippen molar-refractivity contribution < 1.29 is 19.1 Å². The highest BCUT2D eigenvalue weighted by Crippen LogP contribution is 2.37. The van der Waals surface area contributed by atoms with Gasteiger partial charge in [0.25, 0.3) is 11.8 Å². The molecule has 0 spiro atoms. The van der Waals surface area contributed by atoms with E-state index >= 15 is 0 Å². The molecule has 6 nitrogen and oxygen atoms in total. The summed E-state index contributed by atoms with van der Waals surface area (Å²) in [6.07, 6.45) is 3.83. The molecule has 1 aromatic heterocycles. The molecule has 0 aliphatic heterocycles. The Morgan fingerprint density at radius 3 is 2.56 bits per heavy atom. The second-order valence-corrected chi connectivity index (χ2v) is 8.31. The summed E-state index contributed by atoms with van der Waals surface area (Å²) in [7, 11) is 0. The van der Waals surface area contributed by atoms with Gasteiger partial charge in [-0.15, -0.1) is 11.3 Å². The Morgan fingerprint density at radius 2 is 1.85 bits per heavy atom. The summed E-state index contributed by atoms with van der Waals surface area (Å²) in [5, 5.41) is 3.12. The number of anilines is 1. The van der Waals surface area contributed by atoms with Gasteiger partial charge in [0.05, 0.1) is 12.0 Å². The van der Waals surface area contributed by atoms with Crippen molar-refractivity contribution in [1.82, 2.24) is 0 Å². The normalized spacial score (nSPS) is 12.9. The summed E-state index contributed by atoms with van der Waals surface area (Å²) >= 11 is 4.71. The number of thiophene rings is 1. The van der Waals surface area contributed by atoms with E-state index in [1.165, 1.54) is 11.3 Å². The van der Waals surface area contributed by atoms with Gasteiger partial charge in [-0.3, -0.25) is 14.4 Å². The number of hydrogen-bond acceptors (Lipinski definition) is 5. The topological polar surface area (TPSA) is 98.5 Å². The fourth-order valence-corrected chi connectivity index (χ4v) is 4.62. The van der Waals surface area contributed by atoms with E-state index in [1.54, 1.807) is 12.1 Å². The molecule has 3 N–H and O–H groups in total. The molecule has 0 saturated heterocycles. The Morgan fingerprint density at radius 1 is 1.15 bits per heavy atom. The minimum atomic E-state index is -0.545. The number of carbonyl (C=O) groups excluding carboxylic acids is 3. The van der Waals surface area contributed by atoms with Gasteiger partial charge in [-0.1, -0.05) is 28.1 Å². The highest BCUT2D eigenvalue weighted by atomic mass is 79.9. The first-order chi connectivity index (χ1) is 12.9. The molecule has 1 aliphatic rings. The van der Waals surface area contributed by atoms with Crippen molar-refractivity contribution in [3.63, 3.8) is 0 Å². The van der Waals surface area contributed by atoms with Gasteiger partial charge in [-0.05, 0) is 48.9 Å². The van der Waals surface area contributed by atoms with Gasteiger partial charge in [0.1, 0.15) is 5.00 Å². The van der Waals surface area contributed by atoms with Crippen LogP contribution in [0.25, 0.3) is 0 Å². The summed E-state index contributed by atoms with van der Waals surface area (Å²) in [6.45, 7) is -0.407. The summed E-state index contributed by atoms with van der Waals surface area (Å²) in [4.78, 5) is 37.0. The van der Waals surface area contributed by atoms with E-state index in [-0.39, 0.29) is 6.42 Å². The Bertz CT molecular complexity index is 877. The summed E-state index contributed by atoms with van der Waals surface area (Å²) in [6, 6.07) is 7.28.